The molecule has 0 aliphatic rings. The maximum Gasteiger partial charge on any atom is 0.204 e. The van der Waals surface area contributed by atoms with Gasteiger partial charge in [-0.05, 0) is 25.1 Å². The standard InChI is InChI=1S/C11H17N7/c1-13-11(16-9-12)15-6-3-5-14-8-10-4-2-7-17-18-10/h2,4,7,14H,3,5-6,8H2,1H3,(H2,13,15,16). The molecule has 0 saturated carbocycles. The van der Waals surface area contributed by atoms with Crippen molar-refractivity contribution in [1.29, 1.82) is 5.26 Å². The van der Waals surface area contributed by atoms with E-state index in [1.165, 1.54) is 0 Å². The van der Waals surface area contributed by atoms with E-state index in [-0.39, 0.29) is 0 Å². The van der Waals surface area contributed by atoms with Gasteiger partial charge in [-0.25, -0.2) is 0 Å². The van der Waals surface area contributed by atoms with Crippen LogP contribution in [0.15, 0.2) is 23.3 Å². The molecule has 96 valence electrons. The van der Waals surface area contributed by atoms with Crippen LogP contribution in [0.1, 0.15) is 12.1 Å². The van der Waals surface area contributed by atoms with Gasteiger partial charge in [0.05, 0.1) is 5.69 Å². The fourth-order valence-corrected chi connectivity index (χ4v) is 1.30. The lowest BCUT2D eigenvalue weighted by Gasteiger charge is -2.07. The van der Waals surface area contributed by atoms with Crippen molar-refractivity contribution < 1.29 is 0 Å². The van der Waals surface area contributed by atoms with Crippen molar-refractivity contribution in [2.75, 3.05) is 20.1 Å². The third kappa shape index (κ3) is 5.77. The van der Waals surface area contributed by atoms with E-state index in [0.29, 0.717) is 12.5 Å². The average Bonchev–Trinajstić information content (AvgIpc) is 2.42. The first kappa shape index (κ1) is 13.9. The Morgan fingerprint density at radius 3 is 3.06 bits per heavy atom. The molecule has 0 atom stereocenters. The fraction of sp³-hybridized carbons (Fsp3) is 0.455. The van der Waals surface area contributed by atoms with E-state index in [0.717, 1.165) is 25.2 Å². The van der Waals surface area contributed by atoms with E-state index < -0.39 is 0 Å². The monoisotopic (exact) mass is 247 g/mol. The number of hydrogen-bond donors (Lipinski definition) is 3. The lowest BCUT2D eigenvalue weighted by atomic mass is 10.3. The number of aromatic nitrogens is 2. The predicted octanol–water partition coefficient (Wildman–Crippen LogP) is -0.398. The SMILES string of the molecule is CN=C(NC#N)NCCCNCc1cccnn1. The Hall–Kier alpha value is -2.20. The topological polar surface area (TPSA) is 98.0 Å². The van der Waals surface area contributed by atoms with Gasteiger partial charge < -0.3 is 10.6 Å². The van der Waals surface area contributed by atoms with Gasteiger partial charge in [-0.15, -0.1) is 0 Å². The molecule has 0 aliphatic heterocycles. The Bertz CT molecular complexity index is 396. The number of hydrogen-bond acceptors (Lipinski definition) is 5. The molecule has 1 heterocycles. The molecule has 0 unspecified atom stereocenters. The minimum atomic E-state index is 0.492. The van der Waals surface area contributed by atoms with E-state index in [1.54, 1.807) is 13.2 Å². The summed E-state index contributed by atoms with van der Waals surface area (Å²) in [4.78, 5) is 3.88. The molecule has 1 aromatic heterocycles. The van der Waals surface area contributed by atoms with Crippen LogP contribution < -0.4 is 16.0 Å². The highest BCUT2D eigenvalue weighted by Gasteiger charge is 1.95. The Labute approximate surface area is 106 Å². The lowest BCUT2D eigenvalue weighted by molar-refractivity contribution is 0.626. The summed E-state index contributed by atoms with van der Waals surface area (Å²) in [5.41, 5.74) is 0.924. The van der Waals surface area contributed by atoms with Crippen molar-refractivity contribution >= 4 is 5.96 Å². The average molecular weight is 247 g/mol. The Balaban J connectivity index is 2.04. The highest BCUT2D eigenvalue weighted by atomic mass is 15.2. The second-order valence-electron chi connectivity index (χ2n) is 3.48. The number of guanidine groups is 1. The van der Waals surface area contributed by atoms with Crippen molar-refractivity contribution in [2.24, 2.45) is 4.99 Å². The van der Waals surface area contributed by atoms with Crippen molar-refractivity contribution in [3.8, 4) is 6.19 Å². The quantitative estimate of drug-likeness (QED) is 0.208. The zero-order valence-corrected chi connectivity index (χ0v) is 10.3. The van der Waals surface area contributed by atoms with Crippen molar-refractivity contribution in [3.05, 3.63) is 24.0 Å². The van der Waals surface area contributed by atoms with Crippen LogP contribution in [0.2, 0.25) is 0 Å². The maximum absolute atomic E-state index is 8.43. The maximum atomic E-state index is 8.43. The third-order valence-corrected chi connectivity index (χ3v) is 2.15. The van der Waals surface area contributed by atoms with Crippen LogP contribution in [0.5, 0.6) is 0 Å². The predicted molar refractivity (Wildman–Crippen MR) is 68.5 cm³/mol. The molecular weight excluding hydrogens is 230 g/mol. The normalized spacial score (nSPS) is 10.8. The van der Waals surface area contributed by atoms with Crippen LogP contribution in [-0.2, 0) is 6.54 Å². The van der Waals surface area contributed by atoms with E-state index in [9.17, 15) is 0 Å². The third-order valence-electron chi connectivity index (χ3n) is 2.15. The Kier molecular flexibility index (Phi) is 6.85. The molecule has 0 spiro atoms. The first-order valence-corrected chi connectivity index (χ1v) is 5.70. The van der Waals surface area contributed by atoms with Crippen LogP contribution in [0, 0.1) is 11.5 Å². The first-order chi connectivity index (χ1) is 8.86. The van der Waals surface area contributed by atoms with Gasteiger partial charge in [-0.2, -0.15) is 15.5 Å². The van der Waals surface area contributed by atoms with Gasteiger partial charge in [-0.3, -0.25) is 10.3 Å². The first-order valence-electron chi connectivity index (χ1n) is 5.70. The molecule has 0 bridgehead atoms. The minimum Gasteiger partial charge on any atom is -0.356 e. The van der Waals surface area contributed by atoms with Gasteiger partial charge in [0.25, 0.3) is 0 Å². The number of nitrogens with zero attached hydrogens (tertiary/aromatic N) is 4. The number of rotatable bonds is 6. The van der Waals surface area contributed by atoms with E-state index >= 15 is 0 Å². The van der Waals surface area contributed by atoms with Gasteiger partial charge >= 0.3 is 0 Å². The van der Waals surface area contributed by atoms with Gasteiger partial charge in [0, 0.05) is 26.3 Å². The van der Waals surface area contributed by atoms with Crippen LogP contribution in [0.4, 0.5) is 0 Å². The van der Waals surface area contributed by atoms with Gasteiger partial charge in [0.2, 0.25) is 5.96 Å². The second-order valence-corrected chi connectivity index (χ2v) is 3.48. The van der Waals surface area contributed by atoms with Crippen molar-refractivity contribution in [1.82, 2.24) is 26.1 Å². The van der Waals surface area contributed by atoms with Crippen LogP contribution in [0.25, 0.3) is 0 Å². The lowest BCUT2D eigenvalue weighted by Crippen LogP contribution is -2.35. The summed E-state index contributed by atoms with van der Waals surface area (Å²) < 4.78 is 0. The van der Waals surface area contributed by atoms with Gasteiger partial charge in [-0.1, -0.05) is 0 Å². The minimum absolute atomic E-state index is 0.492. The molecule has 0 fully saturated rings. The highest BCUT2D eigenvalue weighted by Crippen LogP contribution is 1.89. The van der Waals surface area contributed by atoms with Gasteiger partial charge in [0.1, 0.15) is 0 Å². The molecule has 1 aromatic rings. The van der Waals surface area contributed by atoms with E-state index in [1.807, 2.05) is 18.3 Å². The molecule has 1 rings (SSSR count). The largest absolute Gasteiger partial charge is 0.356 e. The second kappa shape index (κ2) is 8.90. The molecule has 0 aromatic carbocycles. The Morgan fingerprint density at radius 2 is 2.39 bits per heavy atom. The molecule has 7 heteroatoms. The summed E-state index contributed by atoms with van der Waals surface area (Å²) in [6.45, 7) is 2.31. The zero-order chi connectivity index (χ0) is 13.1. The summed E-state index contributed by atoms with van der Waals surface area (Å²) >= 11 is 0. The fourth-order valence-electron chi connectivity index (χ4n) is 1.30. The smallest absolute Gasteiger partial charge is 0.204 e. The van der Waals surface area contributed by atoms with Crippen molar-refractivity contribution in [2.45, 2.75) is 13.0 Å². The number of nitrogens with one attached hydrogen (secondary N) is 3. The molecular formula is C11H17N7. The number of aliphatic imine (C=N–C) groups is 1. The number of nitriles is 1. The summed E-state index contributed by atoms with van der Waals surface area (Å²) in [5.74, 6) is 0.492. The van der Waals surface area contributed by atoms with Crippen LogP contribution >= 0.6 is 0 Å². The molecule has 0 aliphatic carbocycles. The summed E-state index contributed by atoms with van der Waals surface area (Å²) in [5, 5.41) is 24.9. The van der Waals surface area contributed by atoms with Crippen LogP contribution in [0.3, 0.4) is 0 Å². The summed E-state index contributed by atoms with van der Waals surface area (Å²) in [6, 6.07) is 3.79. The van der Waals surface area contributed by atoms with Crippen LogP contribution in [-0.4, -0.2) is 36.3 Å². The molecule has 0 amide bonds. The van der Waals surface area contributed by atoms with Crippen molar-refractivity contribution in [3.63, 3.8) is 0 Å². The molecule has 0 radical (unpaired) electrons. The summed E-state index contributed by atoms with van der Waals surface area (Å²) in [6.07, 6.45) is 4.40. The zero-order valence-electron chi connectivity index (χ0n) is 10.3. The van der Waals surface area contributed by atoms with Gasteiger partial charge in [0.15, 0.2) is 6.19 Å². The summed E-state index contributed by atoms with van der Waals surface area (Å²) in [7, 11) is 1.62. The Morgan fingerprint density at radius 1 is 1.50 bits per heavy atom. The molecule has 7 nitrogen and oxygen atoms in total. The molecule has 18 heavy (non-hydrogen) atoms. The van der Waals surface area contributed by atoms with E-state index in [4.69, 9.17) is 5.26 Å². The van der Waals surface area contributed by atoms with E-state index in [2.05, 4.69) is 31.1 Å². The molecule has 0 saturated heterocycles. The molecule has 3 N–H and O–H groups in total. The highest BCUT2D eigenvalue weighted by molar-refractivity contribution is 5.80.